The van der Waals surface area contributed by atoms with Gasteiger partial charge in [-0.1, -0.05) is 48.5 Å². The molecule has 32 heavy (non-hydrogen) atoms. The molecule has 2 aromatic carbocycles. The molecule has 7 nitrogen and oxygen atoms in total. The van der Waals surface area contributed by atoms with Gasteiger partial charge in [0.15, 0.2) is 5.54 Å². The number of benzene rings is 2. The highest BCUT2D eigenvalue weighted by molar-refractivity contribution is 6.06. The number of nitrogens with zero attached hydrogens (tertiary/aromatic N) is 3. The number of aromatic nitrogens is 2. The third-order valence-electron chi connectivity index (χ3n) is 5.69. The van der Waals surface area contributed by atoms with Crippen molar-refractivity contribution in [1.29, 1.82) is 0 Å². The second-order valence-electron chi connectivity index (χ2n) is 8.01. The second-order valence-corrected chi connectivity index (χ2v) is 8.01. The summed E-state index contributed by atoms with van der Waals surface area (Å²) in [6.45, 7) is 3.56. The molecule has 2 aromatic heterocycles. The van der Waals surface area contributed by atoms with Crippen molar-refractivity contribution < 1.29 is 14.0 Å². The summed E-state index contributed by atoms with van der Waals surface area (Å²) < 4.78 is 7.43. The Balaban J connectivity index is 1.53. The summed E-state index contributed by atoms with van der Waals surface area (Å²) in [6, 6.07) is 22.5. The van der Waals surface area contributed by atoms with Gasteiger partial charge in [0.05, 0.1) is 17.9 Å². The Morgan fingerprint density at radius 1 is 0.969 bits per heavy atom. The third kappa shape index (κ3) is 3.28. The van der Waals surface area contributed by atoms with Crippen LogP contribution in [-0.2, 0) is 16.9 Å². The molecule has 0 saturated carbocycles. The van der Waals surface area contributed by atoms with Gasteiger partial charge in [0.2, 0.25) is 0 Å². The Morgan fingerprint density at radius 2 is 1.66 bits per heavy atom. The van der Waals surface area contributed by atoms with E-state index in [0.29, 0.717) is 11.5 Å². The van der Waals surface area contributed by atoms with Crippen molar-refractivity contribution in [3.05, 3.63) is 96.1 Å². The average molecular weight is 426 g/mol. The van der Waals surface area contributed by atoms with Gasteiger partial charge in [-0.3, -0.25) is 9.69 Å². The Bertz CT molecular complexity index is 1290. The molecule has 0 radical (unpaired) electrons. The molecule has 1 atom stereocenters. The molecule has 0 bridgehead atoms. The van der Waals surface area contributed by atoms with E-state index < -0.39 is 11.6 Å². The number of aryl methyl sites for hydroxylation is 1. The predicted octanol–water partition coefficient (Wildman–Crippen LogP) is 4.41. The van der Waals surface area contributed by atoms with E-state index in [4.69, 9.17) is 9.52 Å². The molecule has 1 fully saturated rings. The minimum Gasteiger partial charge on any atom is -0.463 e. The van der Waals surface area contributed by atoms with E-state index >= 15 is 0 Å². The SMILES string of the molecule is Cc1ccc(C2(C)NC(=O)N(Cc3cn(-c4ccccc4)nc3-c3ccccc3)C2=O)o1. The molecule has 160 valence electrons. The number of hydrogen-bond donors (Lipinski definition) is 1. The van der Waals surface area contributed by atoms with E-state index in [1.165, 1.54) is 4.90 Å². The lowest BCUT2D eigenvalue weighted by atomic mass is 9.99. The van der Waals surface area contributed by atoms with Crippen molar-refractivity contribution in [3.63, 3.8) is 0 Å². The van der Waals surface area contributed by atoms with Crippen LogP contribution in [0.2, 0.25) is 0 Å². The van der Waals surface area contributed by atoms with Gasteiger partial charge < -0.3 is 9.73 Å². The van der Waals surface area contributed by atoms with Gasteiger partial charge in [0, 0.05) is 17.3 Å². The van der Waals surface area contributed by atoms with Gasteiger partial charge in [-0.2, -0.15) is 5.10 Å². The Hall–Kier alpha value is -4.13. The fourth-order valence-corrected chi connectivity index (χ4v) is 3.96. The average Bonchev–Trinajstić information content (AvgIpc) is 3.49. The maximum Gasteiger partial charge on any atom is 0.325 e. The zero-order valence-corrected chi connectivity index (χ0v) is 17.8. The molecule has 1 N–H and O–H groups in total. The quantitative estimate of drug-likeness (QED) is 0.480. The van der Waals surface area contributed by atoms with E-state index in [1.807, 2.05) is 66.9 Å². The van der Waals surface area contributed by atoms with E-state index in [1.54, 1.807) is 30.7 Å². The first-order valence-corrected chi connectivity index (χ1v) is 10.4. The lowest BCUT2D eigenvalue weighted by molar-refractivity contribution is -0.132. The van der Waals surface area contributed by atoms with Gasteiger partial charge in [-0.15, -0.1) is 0 Å². The molecule has 1 unspecified atom stereocenters. The largest absolute Gasteiger partial charge is 0.463 e. The number of furan rings is 1. The molecule has 4 aromatic rings. The van der Waals surface area contributed by atoms with Crippen LogP contribution in [-0.4, -0.2) is 26.6 Å². The highest BCUT2D eigenvalue weighted by atomic mass is 16.3. The molecule has 0 aliphatic carbocycles. The number of para-hydroxylation sites is 1. The zero-order valence-electron chi connectivity index (χ0n) is 17.8. The van der Waals surface area contributed by atoms with Crippen LogP contribution in [0.3, 0.4) is 0 Å². The van der Waals surface area contributed by atoms with Crippen LogP contribution in [0.5, 0.6) is 0 Å². The summed E-state index contributed by atoms with van der Waals surface area (Å²) in [7, 11) is 0. The number of imide groups is 1. The normalized spacial score (nSPS) is 18.2. The summed E-state index contributed by atoms with van der Waals surface area (Å²) >= 11 is 0. The summed E-state index contributed by atoms with van der Waals surface area (Å²) in [4.78, 5) is 27.4. The number of hydrogen-bond acceptors (Lipinski definition) is 4. The molecule has 5 rings (SSSR count). The van der Waals surface area contributed by atoms with E-state index in [0.717, 1.165) is 22.5 Å². The van der Waals surface area contributed by atoms with Crippen molar-refractivity contribution in [2.45, 2.75) is 25.9 Å². The number of carbonyl (C=O) groups is 2. The van der Waals surface area contributed by atoms with Crippen LogP contribution in [0, 0.1) is 6.92 Å². The first-order valence-electron chi connectivity index (χ1n) is 10.4. The van der Waals surface area contributed by atoms with Crippen LogP contribution in [0.1, 0.15) is 24.0 Å². The van der Waals surface area contributed by atoms with Crippen molar-refractivity contribution in [2.24, 2.45) is 0 Å². The van der Waals surface area contributed by atoms with Gasteiger partial charge in [-0.25, -0.2) is 9.48 Å². The van der Waals surface area contributed by atoms with Crippen LogP contribution in [0.15, 0.2) is 83.4 Å². The maximum absolute atomic E-state index is 13.3. The number of nitrogens with one attached hydrogen (secondary N) is 1. The Morgan fingerprint density at radius 3 is 2.31 bits per heavy atom. The topological polar surface area (TPSA) is 80.4 Å². The number of rotatable bonds is 5. The Labute approximate surface area is 185 Å². The number of urea groups is 1. The summed E-state index contributed by atoms with van der Waals surface area (Å²) in [5.41, 5.74) is 2.05. The van der Waals surface area contributed by atoms with Crippen molar-refractivity contribution >= 4 is 11.9 Å². The number of amides is 3. The van der Waals surface area contributed by atoms with Crippen molar-refractivity contribution in [3.8, 4) is 16.9 Å². The summed E-state index contributed by atoms with van der Waals surface area (Å²) in [6.07, 6.45) is 1.87. The Kier molecular flexibility index (Phi) is 4.66. The van der Waals surface area contributed by atoms with Gasteiger partial charge in [0.25, 0.3) is 5.91 Å². The van der Waals surface area contributed by atoms with Crippen LogP contribution in [0.25, 0.3) is 16.9 Å². The lowest BCUT2D eigenvalue weighted by Crippen LogP contribution is -2.40. The highest BCUT2D eigenvalue weighted by Gasteiger charge is 2.51. The second kappa shape index (κ2) is 7.53. The van der Waals surface area contributed by atoms with Gasteiger partial charge >= 0.3 is 6.03 Å². The monoisotopic (exact) mass is 426 g/mol. The predicted molar refractivity (Wildman–Crippen MR) is 119 cm³/mol. The molecule has 1 aliphatic heterocycles. The van der Waals surface area contributed by atoms with E-state index in [-0.39, 0.29) is 12.5 Å². The molecule has 0 spiro atoms. The zero-order chi connectivity index (χ0) is 22.3. The molecule has 3 amide bonds. The van der Waals surface area contributed by atoms with Crippen LogP contribution >= 0.6 is 0 Å². The molecule has 3 heterocycles. The fraction of sp³-hybridized carbons (Fsp3) is 0.160. The van der Waals surface area contributed by atoms with Crippen molar-refractivity contribution in [2.75, 3.05) is 0 Å². The minimum absolute atomic E-state index is 0.0943. The minimum atomic E-state index is -1.24. The first-order chi connectivity index (χ1) is 15.5. The van der Waals surface area contributed by atoms with Gasteiger partial charge in [-0.05, 0) is 38.1 Å². The molecule has 1 aliphatic rings. The van der Waals surface area contributed by atoms with Crippen molar-refractivity contribution in [1.82, 2.24) is 20.0 Å². The maximum atomic E-state index is 13.3. The van der Waals surface area contributed by atoms with Crippen LogP contribution in [0.4, 0.5) is 4.79 Å². The summed E-state index contributed by atoms with van der Waals surface area (Å²) in [5, 5.41) is 7.56. The van der Waals surface area contributed by atoms with Crippen LogP contribution < -0.4 is 5.32 Å². The third-order valence-corrected chi connectivity index (χ3v) is 5.69. The van der Waals surface area contributed by atoms with E-state index in [9.17, 15) is 9.59 Å². The highest BCUT2D eigenvalue weighted by Crippen LogP contribution is 2.32. The fourth-order valence-electron chi connectivity index (χ4n) is 3.96. The number of carbonyl (C=O) groups excluding carboxylic acids is 2. The smallest absolute Gasteiger partial charge is 0.325 e. The van der Waals surface area contributed by atoms with E-state index in [2.05, 4.69) is 5.32 Å². The first kappa shape index (κ1) is 19.8. The standard InChI is InChI=1S/C25H22N4O3/c1-17-13-14-21(32-17)25(2)23(30)28(24(31)26-25)15-19-16-29(20-11-7-4-8-12-20)27-22(19)18-9-5-3-6-10-18/h3-14,16H,15H2,1-2H3,(H,26,31). The molecule has 7 heteroatoms. The molecular formula is C25H22N4O3. The lowest BCUT2D eigenvalue weighted by Gasteiger charge is -2.19. The molecule has 1 saturated heterocycles. The van der Waals surface area contributed by atoms with Gasteiger partial charge in [0.1, 0.15) is 11.5 Å². The molecular weight excluding hydrogens is 404 g/mol. The summed E-state index contributed by atoms with van der Waals surface area (Å²) in [5.74, 6) is 0.736.